The molecular weight excluding hydrogens is 370 g/mol. The molecule has 0 aliphatic heterocycles. The Morgan fingerprint density at radius 2 is 2.05 bits per heavy atom. The van der Waals surface area contributed by atoms with Gasteiger partial charge in [0.1, 0.15) is 6.61 Å². The summed E-state index contributed by atoms with van der Waals surface area (Å²) in [7, 11) is 0. The maximum absolute atomic E-state index is 11.5. The summed E-state index contributed by atoms with van der Waals surface area (Å²) in [4.78, 5) is 12.8. The number of carbonyl (C=O) groups is 1. The van der Waals surface area contributed by atoms with Crippen LogP contribution in [0.1, 0.15) is 10.4 Å². The minimum Gasteiger partial charge on any atom is -0.445 e. The number of thiophene rings is 1. The zero-order valence-corrected chi connectivity index (χ0v) is 14.6. The van der Waals surface area contributed by atoms with Crippen LogP contribution in [-0.4, -0.2) is 18.4 Å². The minimum atomic E-state index is -0.363. The van der Waals surface area contributed by atoms with E-state index < -0.39 is 0 Å². The van der Waals surface area contributed by atoms with Crippen molar-refractivity contribution in [2.45, 2.75) is 12.4 Å². The number of rotatable bonds is 7. The van der Waals surface area contributed by atoms with E-state index in [0.29, 0.717) is 13.2 Å². The Kier molecular flexibility index (Phi) is 7.12. The van der Waals surface area contributed by atoms with Crippen molar-refractivity contribution in [1.29, 1.82) is 0 Å². The molecule has 0 aliphatic carbocycles. The molecule has 6 heteroatoms. The van der Waals surface area contributed by atoms with Gasteiger partial charge in [-0.1, -0.05) is 30.3 Å². The summed E-state index contributed by atoms with van der Waals surface area (Å²) in [5, 5.41) is 2.76. The van der Waals surface area contributed by atoms with Crippen LogP contribution in [0.2, 0.25) is 0 Å². The first-order valence-corrected chi connectivity index (χ1v) is 9.27. The molecule has 1 aromatic heterocycles. The second kappa shape index (κ2) is 9.12. The number of thioether (sulfide) groups is 1. The van der Waals surface area contributed by atoms with Crippen molar-refractivity contribution in [1.82, 2.24) is 5.32 Å². The van der Waals surface area contributed by atoms with E-state index in [1.54, 1.807) is 23.1 Å². The number of carbonyl (C=O) groups excluding carboxylic acids is 1. The SMILES string of the molecule is O=C(NCCSCc1ccc(Br)s1)OCc1ccccc1. The molecule has 0 saturated carbocycles. The van der Waals surface area contributed by atoms with Crippen molar-refractivity contribution in [3.8, 4) is 0 Å². The van der Waals surface area contributed by atoms with Crippen molar-refractivity contribution in [3.05, 3.63) is 56.7 Å². The largest absolute Gasteiger partial charge is 0.445 e. The Bertz CT molecular complexity index is 560. The van der Waals surface area contributed by atoms with Crippen LogP contribution >= 0.6 is 39.0 Å². The van der Waals surface area contributed by atoms with E-state index in [9.17, 15) is 4.79 Å². The molecule has 1 aromatic carbocycles. The van der Waals surface area contributed by atoms with Crippen LogP contribution in [0.5, 0.6) is 0 Å². The number of hydrogen-bond acceptors (Lipinski definition) is 4. The molecule has 2 rings (SSSR count). The first kappa shape index (κ1) is 16.4. The molecule has 0 spiro atoms. The van der Waals surface area contributed by atoms with Gasteiger partial charge in [0.2, 0.25) is 0 Å². The quantitative estimate of drug-likeness (QED) is 0.703. The molecular formula is C15H16BrNO2S2. The van der Waals surface area contributed by atoms with E-state index in [1.165, 1.54) is 4.88 Å². The van der Waals surface area contributed by atoms with Gasteiger partial charge in [0, 0.05) is 22.9 Å². The number of nitrogens with one attached hydrogen (secondary N) is 1. The Labute approximate surface area is 141 Å². The van der Waals surface area contributed by atoms with E-state index in [1.807, 2.05) is 30.3 Å². The van der Waals surface area contributed by atoms with Gasteiger partial charge in [0.05, 0.1) is 3.79 Å². The molecule has 0 bridgehead atoms. The van der Waals surface area contributed by atoms with Crippen LogP contribution in [0.3, 0.4) is 0 Å². The summed E-state index contributed by atoms with van der Waals surface area (Å²) in [5.41, 5.74) is 0.991. The molecule has 112 valence electrons. The number of alkyl carbamates (subject to hydrolysis) is 1. The van der Waals surface area contributed by atoms with E-state index in [-0.39, 0.29) is 6.09 Å². The highest BCUT2D eigenvalue weighted by atomic mass is 79.9. The number of benzene rings is 1. The van der Waals surface area contributed by atoms with Crippen LogP contribution < -0.4 is 5.32 Å². The van der Waals surface area contributed by atoms with Gasteiger partial charge in [-0.2, -0.15) is 11.8 Å². The van der Waals surface area contributed by atoms with Gasteiger partial charge >= 0.3 is 6.09 Å². The van der Waals surface area contributed by atoms with Crippen LogP contribution in [-0.2, 0) is 17.1 Å². The maximum Gasteiger partial charge on any atom is 0.407 e. The highest BCUT2D eigenvalue weighted by Gasteiger charge is 2.02. The second-order valence-corrected chi connectivity index (χ2v) is 7.90. The zero-order chi connectivity index (χ0) is 14.9. The van der Waals surface area contributed by atoms with Crippen molar-refractivity contribution < 1.29 is 9.53 Å². The van der Waals surface area contributed by atoms with Gasteiger partial charge in [-0.05, 0) is 33.6 Å². The Hall–Kier alpha value is -0.980. The summed E-state index contributed by atoms with van der Waals surface area (Å²) in [6.45, 7) is 0.924. The third kappa shape index (κ3) is 6.54. The molecule has 0 saturated heterocycles. The Balaban J connectivity index is 1.53. The van der Waals surface area contributed by atoms with E-state index in [2.05, 4.69) is 33.4 Å². The normalized spacial score (nSPS) is 10.3. The van der Waals surface area contributed by atoms with Crippen LogP contribution in [0.15, 0.2) is 46.3 Å². The topological polar surface area (TPSA) is 38.3 Å². The Morgan fingerprint density at radius 1 is 1.24 bits per heavy atom. The summed E-state index contributed by atoms with van der Waals surface area (Å²) in [6.07, 6.45) is -0.363. The number of amides is 1. The molecule has 0 unspecified atom stereocenters. The molecule has 21 heavy (non-hydrogen) atoms. The van der Waals surface area contributed by atoms with Gasteiger partial charge in [-0.15, -0.1) is 11.3 Å². The number of ether oxygens (including phenoxy) is 1. The van der Waals surface area contributed by atoms with Crippen molar-refractivity contribution in [2.24, 2.45) is 0 Å². The van der Waals surface area contributed by atoms with E-state index in [4.69, 9.17) is 4.74 Å². The first-order valence-electron chi connectivity index (χ1n) is 6.50. The highest BCUT2D eigenvalue weighted by Crippen LogP contribution is 2.25. The number of halogens is 1. The second-order valence-electron chi connectivity index (χ2n) is 4.25. The Morgan fingerprint density at radius 3 is 2.76 bits per heavy atom. The first-order chi connectivity index (χ1) is 10.2. The summed E-state index contributed by atoms with van der Waals surface area (Å²) >= 11 is 6.98. The molecule has 1 N–H and O–H groups in total. The lowest BCUT2D eigenvalue weighted by atomic mass is 10.2. The number of hydrogen-bond donors (Lipinski definition) is 1. The van der Waals surface area contributed by atoms with Gasteiger partial charge in [-0.3, -0.25) is 0 Å². The fraction of sp³-hybridized carbons (Fsp3) is 0.267. The van der Waals surface area contributed by atoms with Gasteiger partial charge < -0.3 is 10.1 Å². The predicted molar refractivity (Wildman–Crippen MR) is 92.8 cm³/mol. The van der Waals surface area contributed by atoms with Crippen molar-refractivity contribution in [2.75, 3.05) is 12.3 Å². The molecule has 0 radical (unpaired) electrons. The van der Waals surface area contributed by atoms with Gasteiger partial charge in [0.15, 0.2) is 0 Å². The molecule has 1 amide bonds. The van der Waals surface area contributed by atoms with Crippen LogP contribution in [0.4, 0.5) is 4.79 Å². The standard InChI is InChI=1S/C15H16BrNO2S2/c16-14-7-6-13(21-14)11-20-9-8-17-15(18)19-10-12-4-2-1-3-5-12/h1-7H,8-11H2,(H,17,18). The maximum atomic E-state index is 11.5. The van der Waals surface area contributed by atoms with E-state index in [0.717, 1.165) is 20.9 Å². The predicted octanol–water partition coefficient (Wildman–Crippen LogP) is 4.67. The fourth-order valence-electron chi connectivity index (χ4n) is 1.60. The van der Waals surface area contributed by atoms with E-state index >= 15 is 0 Å². The molecule has 0 aliphatic rings. The highest BCUT2D eigenvalue weighted by molar-refractivity contribution is 9.11. The monoisotopic (exact) mass is 385 g/mol. The smallest absolute Gasteiger partial charge is 0.407 e. The lowest BCUT2D eigenvalue weighted by Crippen LogP contribution is -2.26. The van der Waals surface area contributed by atoms with Gasteiger partial charge in [0.25, 0.3) is 0 Å². The van der Waals surface area contributed by atoms with Crippen molar-refractivity contribution in [3.63, 3.8) is 0 Å². The average Bonchev–Trinajstić information content (AvgIpc) is 2.91. The third-order valence-electron chi connectivity index (χ3n) is 2.60. The molecule has 1 heterocycles. The lowest BCUT2D eigenvalue weighted by molar-refractivity contribution is 0.140. The minimum absolute atomic E-state index is 0.309. The van der Waals surface area contributed by atoms with Crippen LogP contribution in [0, 0.1) is 0 Å². The fourth-order valence-corrected chi connectivity index (χ4v) is 4.05. The summed E-state index contributed by atoms with van der Waals surface area (Å²) in [6, 6.07) is 13.8. The zero-order valence-electron chi connectivity index (χ0n) is 11.4. The van der Waals surface area contributed by atoms with Crippen molar-refractivity contribution >= 4 is 45.1 Å². The average molecular weight is 386 g/mol. The molecule has 0 fully saturated rings. The van der Waals surface area contributed by atoms with Crippen LogP contribution in [0.25, 0.3) is 0 Å². The summed E-state index contributed by atoms with van der Waals surface area (Å²) in [5.74, 6) is 1.84. The lowest BCUT2D eigenvalue weighted by Gasteiger charge is -2.06. The molecule has 2 aromatic rings. The summed E-state index contributed by atoms with van der Waals surface area (Å²) < 4.78 is 6.29. The van der Waals surface area contributed by atoms with Gasteiger partial charge in [-0.25, -0.2) is 4.79 Å². The molecule has 3 nitrogen and oxygen atoms in total. The third-order valence-corrected chi connectivity index (χ3v) is 5.42. The molecule has 0 atom stereocenters.